The molecule has 3 N–H and O–H groups in total. The number of hydrogen-bond donors (Lipinski definition) is 3. The minimum atomic E-state index is -0.699. The van der Waals surface area contributed by atoms with E-state index in [4.69, 9.17) is 9.84 Å². The predicted molar refractivity (Wildman–Crippen MR) is 77.1 cm³/mol. The van der Waals surface area contributed by atoms with Crippen LogP contribution in [0.15, 0.2) is 24.3 Å². The number of carbonyl (C=O) groups excluding carboxylic acids is 1. The zero-order chi connectivity index (χ0) is 15.0. The fraction of sp³-hybridized carbons (Fsp3) is 0.533. The Bertz CT molecular complexity index is 418. The molecule has 0 heterocycles. The topological polar surface area (TPSA) is 78.8 Å². The second-order valence-corrected chi connectivity index (χ2v) is 4.71. The maximum absolute atomic E-state index is 11.4. The van der Waals surface area contributed by atoms with Gasteiger partial charge in [-0.2, -0.15) is 0 Å². The van der Waals surface area contributed by atoms with Crippen molar-refractivity contribution in [3.8, 4) is 5.75 Å². The number of aliphatic hydroxyl groups excluding tert-OH is 2. The van der Waals surface area contributed by atoms with Crippen molar-refractivity contribution in [2.45, 2.75) is 32.4 Å². The van der Waals surface area contributed by atoms with Gasteiger partial charge in [0.05, 0.1) is 12.2 Å². The third-order valence-corrected chi connectivity index (χ3v) is 3.05. The third kappa shape index (κ3) is 5.28. The molecule has 1 rings (SSSR count). The molecule has 1 aromatic carbocycles. The van der Waals surface area contributed by atoms with E-state index in [1.165, 1.54) is 6.92 Å². The summed E-state index contributed by atoms with van der Waals surface area (Å²) in [5, 5.41) is 21.9. The maximum atomic E-state index is 11.4. The number of carbonyl (C=O) groups is 1. The summed E-state index contributed by atoms with van der Waals surface area (Å²) in [6.45, 7) is 3.91. The molecule has 0 saturated carbocycles. The average molecular weight is 281 g/mol. The van der Waals surface area contributed by atoms with Gasteiger partial charge in [0.2, 0.25) is 0 Å². The molecule has 0 aliphatic carbocycles. The van der Waals surface area contributed by atoms with Crippen molar-refractivity contribution >= 4 is 5.78 Å². The van der Waals surface area contributed by atoms with Crippen molar-refractivity contribution < 1.29 is 19.7 Å². The van der Waals surface area contributed by atoms with Gasteiger partial charge in [-0.15, -0.1) is 0 Å². The van der Waals surface area contributed by atoms with Gasteiger partial charge in [-0.1, -0.05) is 19.1 Å². The lowest BCUT2D eigenvalue weighted by atomic mass is 10.1. The van der Waals surface area contributed by atoms with Gasteiger partial charge in [0.25, 0.3) is 0 Å². The number of hydrogen-bond acceptors (Lipinski definition) is 5. The number of ketones is 1. The molecule has 0 aliphatic rings. The van der Waals surface area contributed by atoms with Crippen LogP contribution >= 0.6 is 0 Å². The maximum Gasteiger partial charge on any atom is 0.163 e. The summed E-state index contributed by atoms with van der Waals surface area (Å²) in [5.74, 6) is 0.410. The molecular formula is C15H23NO4. The molecule has 0 aromatic heterocycles. The molecule has 5 heteroatoms. The first-order valence-corrected chi connectivity index (χ1v) is 6.83. The summed E-state index contributed by atoms with van der Waals surface area (Å²) < 4.78 is 5.49. The Labute approximate surface area is 119 Å². The van der Waals surface area contributed by atoms with Crippen LogP contribution in [0, 0.1) is 0 Å². The first kappa shape index (κ1) is 16.6. The van der Waals surface area contributed by atoms with Crippen LogP contribution < -0.4 is 10.1 Å². The first-order valence-electron chi connectivity index (χ1n) is 6.83. The Hall–Kier alpha value is -1.43. The molecular weight excluding hydrogens is 258 g/mol. The van der Waals surface area contributed by atoms with Crippen LogP contribution in [0.2, 0.25) is 0 Å². The van der Waals surface area contributed by atoms with E-state index in [0.29, 0.717) is 17.9 Å². The van der Waals surface area contributed by atoms with E-state index >= 15 is 0 Å². The van der Waals surface area contributed by atoms with Crippen molar-refractivity contribution in [3.05, 3.63) is 29.8 Å². The molecule has 112 valence electrons. The van der Waals surface area contributed by atoms with E-state index < -0.39 is 6.10 Å². The van der Waals surface area contributed by atoms with E-state index in [0.717, 1.165) is 6.42 Å². The summed E-state index contributed by atoms with van der Waals surface area (Å²) in [6, 6.07) is 6.94. The minimum Gasteiger partial charge on any atom is -0.490 e. The van der Waals surface area contributed by atoms with Crippen molar-refractivity contribution in [2.75, 3.05) is 19.8 Å². The first-order chi connectivity index (χ1) is 9.58. The molecule has 0 saturated heterocycles. The molecule has 0 aliphatic heterocycles. The zero-order valence-corrected chi connectivity index (χ0v) is 12.0. The lowest BCUT2D eigenvalue weighted by molar-refractivity contribution is 0.0946. The Kier molecular flexibility index (Phi) is 7.22. The van der Waals surface area contributed by atoms with Gasteiger partial charge in [-0.05, 0) is 25.5 Å². The minimum absolute atomic E-state index is 0.0193. The largest absolute Gasteiger partial charge is 0.490 e. The highest BCUT2D eigenvalue weighted by Crippen LogP contribution is 2.18. The van der Waals surface area contributed by atoms with Gasteiger partial charge < -0.3 is 20.3 Å². The highest BCUT2D eigenvalue weighted by molar-refractivity contribution is 5.96. The van der Waals surface area contributed by atoms with Gasteiger partial charge in [-0.25, -0.2) is 0 Å². The molecule has 0 spiro atoms. The Morgan fingerprint density at radius 1 is 1.40 bits per heavy atom. The second-order valence-electron chi connectivity index (χ2n) is 4.71. The van der Waals surface area contributed by atoms with Crippen LogP contribution in [0.25, 0.3) is 0 Å². The second kappa shape index (κ2) is 8.68. The zero-order valence-electron chi connectivity index (χ0n) is 12.0. The predicted octanol–water partition coefficient (Wildman–Crippen LogP) is 0.989. The third-order valence-electron chi connectivity index (χ3n) is 3.05. The number of ether oxygens (including phenoxy) is 1. The number of aliphatic hydroxyl groups is 2. The van der Waals surface area contributed by atoms with Crippen LogP contribution in [0.5, 0.6) is 5.75 Å². The summed E-state index contributed by atoms with van der Waals surface area (Å²) in [6.07, 6.45) is 0.0904. The fourth-order valence-electron chi connectivity index (χ4n) is 1.77. The highest BCUT2D eigenvalue weighted by atomic mass is 16.5. The van der Waals surface area contributed by atoms with Crippen LogP contribution in [-0.2, 0) is 0 Å². The average Bonchev–Trinajstić information content (AvgIpc) is 2.46. The molecule has 5 nitrogen and oxygen atoms in total. The number of benzene rings is 1. The number of rotatable bonds is 9. The Balaban J connectivity index is 2.45. The summed E-state index contributed by atoms with van der Waals surface area (Å²) in [5.41, 5.74) is 0.509. The number of para-hydroxylation sites is 1. The van der Waals surface area contributed by atoms with Crippen LogP contribution in [0.1, 0.15) is 30.6 Å². The van der Waals surface area contributed by atoms with E-state index in [2.05, 4.69) is 5.32 Å². The summed E-state index contributed by atoms with van der Waals surface area (Å²) in [4.78, 5) is 11.4. The molecule has 0 fully saturated rings. The SMILES string of the molecule is CC[C@H](CO)NC[C@@H](O)COc1ccccc1C(C)=O. The van der Waals surface area contributed by atoms with Crippen molar-refractivity contribution in [1.29, 1.82) is 0 Å². The van der Waals surface area contributed by atoms with Crippen molar-refractivity contribution in [1.82, 2.24) is 5.32 Å². The van der Waals surface area contributed by atoms with E-state index in [9.17, 15) is 9.90 Å². The fourth-order valence-corrected chi connectivity index (χ4v) is 1.77. The van der Waals surface area contributed by atoms with E-state index in [1.54, 1.807) is 24.3 Å². The van der Waals surface area contributed by atoms with Gasteiger partial charge in [-0.3, -0.25) is 4.79 Å². The van der Waals surface area contributed by atoms with Crippen LogP contribution in [-0.4, -0.2) is 47.9 Å². The van der Waals surface area contributed by atoms with E-state index in [-0.39, 0.29) is 25.0 Å². The quantitative estimate of drug-likeness (QED) is 0.588. The lowest BCUT2D eigenvalue weighted by Gasteiger charge is -2.18. The van der Waals surface area contributed by atoms with E-state index in [1.807, 2.05) is 6.92 Å². The smallest absolute Gasteiger partial charge is 0.163 e. The Morgan fingerprint density at radius 2 is 2.10 bits per heavy atom. The van der Waals surface area contributed by atoms with Crippen molar-refractivity contribution in [2.24, 2.45) is 0 Å². The van der Waals surface area contributed by atoms with Gasteiger partial charge >= 0.3 is 0 Å². The summed E-state index contributed by atoms with van der Waals surface area (Å²) in [7, 11) is 0. The van der Waals surface area contributed by atoms with Gasteiger partial charge in [0, 0.05) is 12.6 Å². The standard InChI is InChI=1S/C15H23NO4/c1-3-12(9-17)16-8-13(19)10-20-15-7-5-4-6-14(15)11(2)18/h4-7,12-13,16-17,19H,3,8-10H2,1-2H3/t12-,13-/m1/s1. The van der Waals surface area contributed by atoms with Gasteiger partial charge in [0.15, 0.2) is 5.78 Å². The van der Waals surface area contributed by atoms with Gasteiger partial charge in [0.1, 0.15) is 18.5 Å². The van der Waals surface area contributed by atoms with Crippen molar-refractivity contribution in [3.63, 3.8) is 0 Å². The summed E-state index contributed by atoms with van der Waals surface area (Å²) >= 11 is 0. The molecule has 0 amide bonds. The number of Topliss-reactive ketones (excluding diaryl/α,β-unsaturated/α-hetero) is 1. The molecule has 0 bridgehead atoms. The Morgan fingerprint density at radius 3 is 2.70 bits per heavy atom. The normalized spacial score (nSPS) is 13.8. The number of nitrogens with one attached hydrogen (secondary N) is 1. The van der Waals surface area contributed by atoms with Crippen LogP contribution in [0.4, 0.5) is 0 Å². The molecule has 1 aromatic rings. The lowest BCUT2D eigenvalue weighted by Crippen LogP contribution is -2.39. The van der Waals surface area contributed by atoms with Crippen LogP contribution in [0.3, 0.4) is 0 Å². The monoisotopic (exact) mass is 281 g/mol. The highest BCUT2D eigenvalue weighted by Gasteiger charge is 2.12. The molecule has 20 heavy (non-hydrogen) atoms. The molecule has 0 radical (unpaired) electrons. The molecule has 0 unspecified atom stereocenters. The molecule has 2 atom stereocenters.